The van der Waals surface area contributed by atoms with Gasteiger partial charge >= 0.3 is 0 Å². The van der Waals surface area contributed by atoms with Crippen LogP contribution in [0.1, 0.15) is 27.7 Å². The molecule has 1 aliphatic rings. The summed E-state index contributed by atoms with van der Waals surface area (Å²) in [5.41, 5.74) is 0.155. The molecule has 0 bridgehead atoms. The van der Waals surface area contributed by atoms with Crippen molar-refractivity contribution in [3.05, 3.63) is 11.8 Å². The summed E-state index contributed by atoms with van der Waals surface area (Å²) in [6.45, 7) is 9.82. The van der Waals surface area contributed by atoms with Crippen LogP contribution in [-0.4, -0.2) is 42.6 Å². The third-order valence-electron chi connectivity index (χ3n) is 2.83. The number of ether oxygens (including phenoxy) is 1. The quantitative estimate of drug-likeness (QED) is 0.614. The zero-order valence-corrected chi connectivity index (χ0v) is 12.1. The van der Waals surface area contributed by atoms with Crippen molar-refractivity contribution < 1.29 is 9.53 Å². The van der Waals surface area contributed by atoms with Crippen LogP contribution in [0.3, 0.4) is 0 Å². The molecule has 1 amide bonds. The van der Waals surface area contributed by atoms with Crippen LogP contribution in [0.25, 0.3) is 0 Å². The van der Waals surface area contributed by atoms with E-state index in [-0.39, 0.29) is 23.7 Å². The van der Waals surface area contributed by atoms with E-state index in [1.54, 1.807) is 4.90 Å². The molecule has 19 heavy (non-hydrogen) atoms. The number of amides is 1. The highest BCUT2D eigenvalue weighted by Gasteiger charge is 2.27. The first-order valence-electron chi connectivity index (χ1n) is 6.72. The van der Waals surface area contributed by atoms with Gasteiger partial charge in [0.05, 0.1) is 12.2 Å². The van der Waals surface area contributed by atoms with Crippen molar-refractivity contribution in [2.45, 2.75) is 39.9 Å². The minimum absolute atomic E-state index is 0.0104. The Hall–Kier alpha value is -1.54. The third kappa shape index (κ3) is 4.92. The van der Waals surface area contributed by atoms with Crippen molar-refractivity contribution in [3.63, 3.8) is 0 Å². The molecule has 0 radical (unpaired) electrons. The summed E-state index contributed by atoms with van der Waals surface area (Å²) in [6, 6.07) is 1.97. The molecule has 0 aromatic carbocycles. The van der Waals surface area contributed by atoms with Gasteiger partial charge < -0.3 is 15.0 Å². The normalized spacial score (nSPS) is 24.2. The van der Waals surface area contributed by atoms with E-state index in [2.05, 4.69) is 19.2 Å². The molecule has 0 saturated carbocycles. The predicted octanol–water partition coefficient (Wildman–Crippen LogP) is 1.28. The molecule has 2 unspecified atom stereocenters. The monoisotopic (exact) mass is 265 g/mol. The van der Waals surface area contributed by atoms with Gasteiger partial charge in [0.1, 0.15) is 11.6 Å². The first-order chi connectivity index (χ1) is 8.93. The van der Waals surface area contributed by atoms with Crippen LogP contribution in [0.2, 0.25) is 0 Å². The molecular formula is C14H23N3O2. The minimum Gasteiger partial charge on any atom is -0.389 e. The second-order valence-corrected chi connectivity index (χ2v) is 5.44. The first kappa shape index (κ1) is 15.5. The van der Waals surface area contributed by atoms with Crippen molar-refractivity contribution in [2.75, 3.05) is 19.6 Å². The Morgan fingerprint density at radius 1 is 1.47 bits per heavy atom. The van der Waals surface area contributed by atoms with E-state index in [1.165, 1.54) is 6.20 Å². The lowest BCUT2D eigenvalue weighted by molar-refractivity contribution is -0.138. The lowest BCUT2D eigenvalue weighted by Gasteiger charge is -2.35. The van der Waals surface area contributed by atoms with Gasteiger partial charge in [0.2, 0.25) is 0 Å². The zero-order chi connectivity index (χ0) is 14.4. The Kier molecular flexibility index (Phi) is 5.84. The average molecular weight is 265 g/mol. The molecule has 1 fully saturated rings. The number of nitriles is 1. The van der Waals surface area contributed by atoms with E-state index < -0.39 is 0 Å². The van der Waals surface area contributed by atoms with Crippen LogP contribution >= 0.6 is 0 Å². The van der Waals surface area contributed by atoms with Gasteiger partial charge in [0, 0.05) is 25.8 Å². The van der Waals surface area contributed by atoms with Crippen molar-refractivity contribution in [1.29, 1.82) is 5.26 Å². The molecular weight excluding hydrogens is 242 g/mol. The average Bonchev–Trinajstić information content (AvgIpc) is 2.32. The van der Waals surface area contributed by atoms with Crippen molar-refractivity contribution in [1.82, 2.24) is 10.2 Å². The Morgan fingerprint density at radius 2 is 2.05 bits per heavy atom. The number of nitrogens with zero attached hydrogens (tertiary/aromatic N) is 2. The smallest absolute Gasteiger partial charge is 0.266 e. The van der Waals surface area contributed by atoms with E-state index in [1.807, 2.05) is 19.9 Å². The highest BCUT2D eigenvalue weighted by atomic mass is 16.5. The van der Waals surface area contributed by atoms with Gasteiger partial charge in [-0.05, 0) is 19.8 Å². The van der Waals surface area contributed by atoms with Gasteiger partial charge in [-0.15, -0.1) is 0 Å². The molecule has 0 aliphatic carbocycles. The minimum atomic E-state index is -0.222. The van der Waals surface area contributed by atoms with Gasteiger partial charge in [-0.1, -0.05) is 13.8 Å². The van der Waals surface area contributed by atoms with Crippen LogP contribution in [0.4, 0.5) is 0 Å². The Balaban J connectivity index is 2.65. The van der Waals surface area contributed by atoms with Gasteiger partial charge in [0.15, 0.2) is 0 Å². The van der Waals surface area contributed by atoms with Crippen LogP contribution < -0.4 is 5.32 Å². The number of morpholine rings is 1. The Bertz CT molecular complexity index is 375. The molecule has 0 aromatic rings. The molecule has 1 saturated heterocycles. The number of hydrogen-bond acceptors (Lipinski definition) is 4. The van der Waals surface area contributed by atoms with Crippen LogP contribution in [-0.2, 0) is 9.53 Å². The zero-order valence-electron chi connectivity index (χ0n) is 12.1. The number of carbonyl (C=O) groups is 1. The van der Waals surface area contributed by atoms with E-state index in [4.69, 9.17) is 10.00 Å². The second-order valence-electron chi connectivity index (χ2n) is 5.44. The molecule has 2 atom stereocenters. The van der Waals surface area contributed by atoms with E-state index in [0.29, 0.717) is 19.0 Å². The summed E-state index contributed by atoms with van der Waals surface area (Å²) < 4.78 is 5.58. The highest BCUT2D eigenvalue weighted by molar-refractivity contribution is 5.97. The summed E-state index contributed by atoms with van der Waals surface area (Å²) in [6.07, 6.45) is 1.54. The SMILES string of the molecule is CC(C)CN/C=C(/C#N)C(=O)N1CC(C)OC(C)C1. The van der Waals surface area contributed by atoms with Gasteiger partial charge in [0.25, 0.3) is 5.91 Å². The fourth-order valence-corrected chi connectivity index (χ4v) is 2.05. The largest absolute Gasteiger partial charge is 0.389 e. The van der Waals surface area contributed by atoms with Crippen LogP contribution in [0, 0.1) is 17.2 Å². The Morgan fingerprint density at radius 3 is 2.53 bits per heavy atom. The predicted molar refractivity (Wildman–Crippen MR) is 73.1 cm³/mol. The fraction of sp³-hybridized carbons (Fsp3) is 0.714. The van der Waals surface area contributed by atoms with Crippen LogP contribution in [0.5, 0.6) is 0 Å². The number of carbonyl (C=O) groups excluding carboxylic acids is 1. The number of nitrogens with one attached hydrogen (secondary N) is 1. The summed E-state index contributed by atoms with van der Waals surface area (Å²) in [7, 11) is 0. The maximum atomic E-state index is 12.2. The molecule has 0 spiro atoms. The van der Waals surface area contributed by atoms with E-state index >= 15 is 0 Å². The lowest BCUT2D eigenvalue weighted by Crippen LogP contribution is -2.48. The van der Waals surface area contributed by atoms with Gasteiger partial charge in [-0.25, -0.2) is 0 Å². The standard InChI is InChI=1S/C14H23N3O2/c1-10(2)6-16-7-13(5-15)14(18)17-8-11(3)19-12(4)9-17/h7,10-12,16H,6,8-9H2,1-4H3/b13-7-. The summed E-state index contributed by atoms with van der Waals surface area (Å²) in [5.74, 6) is 0.246. The molecule has 1 heterocycles. The Labute approximate surface area is 115 Å². The molecule has 1 aliphatic heterocycles. The second kappa shape index (κ2) is 7.15. The summed E-state index contributed by atoms with van der Waals surface area (Å²) in [5, 5.41) is 12.1. The third-order valence-corrected chi connectivity index (χ3v) is 2.83. The van der Waals surface area contributed by atoms with E-state index in [0.717, 1.165) is 6.54 Å². The lowest BCUT2D eigenvalue weighted by atomic mass is 10.2. The summed E-state index contributed by atoms with van der Waals surface area (Å²) >= 11 is 0. The van der Waals surface area contributed by atoms with Crippen molar-refractivity contribution >= 4 is 5.91 Å². The molecule has 0 aromatic heterocycles. The molecule has 1 rings (SSSR count). The van der Waals surface area contributed by atoms with Gasteiger partial charge in [-0.2, -0.15) is 5.26 Å². The molecule has 5 nitrogen and oxygen atoms in total. The molecule has 1 N–H and O–H groups in total. The van der Waals surface area contributed by atoms with E-state index in [9.17, 15) is 4.79 Å². The molecule has 106 valence electrons. The van der Waals surface area contributed by atoms with Crippen molar-refractivity contribution in [3.8, 4) is 6.07 Å². The number of hydrogen-bond donors (Lipinski definition) is 1. The van der Waals surface area contributed by atoms with Crippen LogP contribution in [0.15, 0.2) is 11.8 Å². The molecule has 5 heteroatoms. The maximum absolute atomic E-state index is 12.2. The number of rotatable bonds is 4. The van der Waals surface area contributed by atoms with Gasteiger partial charge in [-0.3, -0.25) is 4.79 Å². The fourth-order valence-electron chi connectivity index (χ4n) is 2.05. The van der Waals surface area contributed by atoms with Crippen molar-refractivity contribution in [2.24, 2.45) is 5.92 Å². The highest BCUT2D eigenvalue weighted by Crippen LogP contribution is 2.13. The summed E-state index contributed by atoms with van der Waals surface area (Å²) in [4.78, 5) is 13.9. The maximum Gasteiger partial charge on any atom is 0.266 e. The first-order valence-corrected chi connectivity index (χ1v) is 6.72. The topological polar surface area (TPSA) is 65.4 Å².